The van der Waals surface area contributed by atoms with Gasteiger partial charge in [-0.25, -0.2) is 0 Å². The van der Waals surface area contributed by atoms with E-state index in [1.54, 1.807) is 6.07 Å². The lowest BCUT2D eigenvalue weighted by molar-refractivity contribution is -0.141. The molecule has 0 radical (unpaired) electrons. The molecule has 0 aliphatic carbocycles. The molecule has 0 saturated heterocycles. The zero-order valence-corrected chi connectivity index (χ0v) is 15.1. The molecule has 138 valence electrons. The summed E-state index contributed by atoms with van der Waals surface area (Å²) in [6, 6.07) is 8.90. The summed E-state index contributed by atoms with van der Waals surface area (Å²) >= 11 is 0. The number of benzene rings is 1. The third-order valence-corrected chi connectivity index (χ3v) is 4.42. The molecule has 0 unspecified atom stereocenters. The van der Waals surface area contributed by atoms with E-state index in [9.17, 15) is 13.2 Å². The minimum absolute atomic E-state index is 0.144. The Morgan fingerprint density at radius 3 is 2.12 bits per heavy atom. The SMILES string of the molecule is CC(C)c1cccc(C(C)C)c1-c1ccoc1-c1cc(C(F)(F)F)[nH]n1. The Balaban J connectivity index is 2.20. The monoisotopic (exact) mass is 362 g/mol. The number of H-pyrrole nitrogens is 1. The number of alkyl halides is 3. The highest BCUT2D eigenvalue weighted by Crippen LogP contribution is 2.42. The van der Waals surface area contributed by atoms with Gasteiger partial charge in [0.15, 0.2) is 5.76 Å². The van der Waals surface area contributed by atoms with Crippen LogP contribution in [0.5, 0.6) is 0 Å². The second-order valence-electron chi connectivity index (χ2n) is 6.95. The molecule has 0 spiro atoms. The van der Waals surface area contributed by atoms with Crippen LogP contribution in [0.3, 0.4) is 0 Å². The molecule has 0 atom stereocenters. The molecule has 6 heteroatoms. The molecule has 0 fully saturated rings. The van der Waals surface area contributed by atoms with Crippen molar-refractivity contribution >= 4 is 0 Å². The number of nitrogens with one attached hydrogen (secondary N) is 1. The standard InChI is InChI=1S/C20H21F3N2O/c1-11(2)13-6-5-7-14(12(3)4)18(13)15-8-9-26-19(15)16-10-17(25-24-16)20(21,22)23/h5-12H,1-4H3,(H,24,25). The molecule has 1 aromatic carbocycles. The van der Waals surface area contributed by atoms with Gasteiger partial charge in [0.2, 0.25) is 0 Å². The summed E-state index contributed by atoms with van der Waals surface area (Å²) in [5.74, 6) is 0.861. The predicted molar refractivity (Wildman–Crippen MR) is 94.9 cm³/mol. The molecule has 2 aromatic heterocycles. The molecule has 3 aromatic rings. The number of aromatic amines is 1. The van der Waals surface area contributed by atoms with Gasteiger partial charge in [-0.3, -0.25) is 5.10 Å². The van der Waals surface area contributed by atoms with Gasteiger partial charge >= 0.3 is 6.18 Å². The summed E-state index contributed by atoms with van der Waals surface area (Å²) in [5, 5.41) is 5.87. The molecule has 2 heterocycles. The molecule has 3 nitrogen and oxygen atoms in total. The van der Waals surface area contributed by atoms with E-state index in [2.05, 4.69) is 37.9 Å². The van der Waals surface area contributed by atoms with Crippen molar-refractivity contribution in [2.24, 2.45) is 0 Å². The highest BCUT2D eigenvalue weighted by Gasteiger charge is 2.34. The smallest absolute Gasteiger partial charge is 0.432 e. The largest absolute Gasteiger partial charge is 0.462 e. The molecule has 0 amide bonds. The fraction of sp³-hybridized carbons (Fsp3) is 0.350. The lowest BCUT2D eigenvalue weighted by Gasteiger charge is -2.19. The Kier molecular flexibility index (Phi) is 4.69. The van der Waals surface area contributed by atoms with Gasteiger partial charge in [-0.1, -0.05) is 45.9 Å². The van der Waals surface area contributed by atoms with Gasteiger partial charge < -0.3 is 4.42 Å². The third kappa shape index (κ3) is 3.28. The van der Waals surface area contributed by atoms with Gasteiger partial charge in [0, 0.05) is 5.56 Å². The number of nitrogens with zero attached hydrogens (tertiary/aromatic N) is 1. The van der Waals surface area contributed by atoms with Crippen LogP contribution < -0.4 is 0 Å². The maximum absolute atomic E-state index is 12.9. The zero-order valence-electron chi connectivity index (χ0n) is 15.1. The van der Waals surface area contributed by atoms with Crippen LogP contribution in [0, 0.1) is 0 Å². The Morgan fingerprint density at radius 1 is 1.00 bits per heavy atom. The zero-order chi connectivity index (χ0) is 19.1. The first-order valence-electron chi connectivity index (χ1n) is 8.53. The van der Waals surface area contributed by atoms with Crippen LogP contribution in [0.2, 0.25) is 0 Å². The van der Waals surface area contributed by atoms with E-state index in [-0.39, 0.29) is 17.5 Å². The number of rotatable bonds is 4. The quantitative estimate of drug-likeness (QED) is 0.568. The van der Waals surface area contributed by atoms with Crippen LogP contribution in [0.15, 0.2) is 41.0 Å². The molecule has 0 aliphatic heterocycles. The molecule has 0 aliphatic rings. The van der Waals surface area contributed by atoms with Gasteiger partial charge in [-0.2, -0.15) is 18.3 Å². The lowest BCUT2D eigenvalue weighted by Crippen LogP contribution is -2.04. The number of hydrogen-bond donors (Lipinski definition) is 1. The van der Waals surface area contributed by atoms with Crippen molar-refractivity contribution < 1.29 is 17.6 Å². The molecular formula is C20H21F3N2O. The predicted octanol–water partition coefficient (Wildman–Crippen LogP) is 6.60. The van der Waals surface area contributed by atoms with Gasteiger partial charge in [0.1, 0.15) is 11.4 Å². The van der Waals surface area contributed by atoms with Crippen molar-refractivity contribution in [3.05, 3.63) is 53.4 Å². The second kappa shape index (κ2) is 6.67. The highest BCUT2D eigenvalue weighted by atomic mass is 19.4. The molecule has 3 rings (SSSR count). The first kappa shape index (κ1) is 18.3. The van der Waals surface area contributed by atoms with Crippen molar-refractivity contribution in [1.82, 2.24) is 10.2 Å². The minimum atomic E-state index is -4.48. The number of halogens is 3. The summed E-state index contributed by atoms with van der Waals surface area (Å²) in [6.45, 7) is 8.38. The van der Waals surface area contributed by atoms with E-state index in [1.807, 2.05) is 18.2 Å². The average Bonchev–Trinajstić information content (AvgIpc) is 3.22. The summed E-state index contributed by atoms with van der Waals surface area (Å²) < 4.78 is 44.3. The molecule has 0 bridgehead atoms. The van der Waals surface area contributed by atoms with Crippen molar-refractivity contribution in [2.75, 3.05) is 0 Å². The maximum Gasteiger partial charge on any atom is 0.432 e. The first-order valence-corrected chi connectivity index (χ1v) is 8.53. The van der Waals surface area contributed by atoms with E-state index < -0.39 is 11.9 Å². The number of furan rings is 1. The van der Waals surface area contributed by atoms with Crippen LogP contribution in [-0.2, 0) is 6.18 Å². The fourth-order valence-electron chi connectivity index (χ4n) is 3.15. The average molecular weight is 362 g/mol. The van der Waals surface area contributed by atoms with Gasteiger partial charge in [-0.05, 0) is 40.7 Å². The van der Waals surface area contributed by atoms with E-state index >= 15 is 0 Å². The van der Waals surface area contributed by atoms with Crippen molar-refractivity contribution in [1.29, 1.82) is 0 Å². The van der Waals surface area contributed by atoms with Gasteiger partial charge in [0.05, 0.1) is 6.26 Å². The fourth-order valence-corrected chi connectivity index (χ4v) is 3.15. The normalized spacial score (nSPS) is 12.3. The number of aromatic nitrogens is 2. The van der Waals surface area contributed by atoms with E-state index in [0.717, 1.165) is 28.3 Å². The van der Waals surface area contributed by atoms with Crippen molar-refractivity contribution in [2.45, 2.75) is 45.7 Å². The number of hydrogen-bond acceptors (Lipinski definition) is 2. The summed E-state index contributed by atoms with van der Waals surface area (Å²) in [6.07, 6.45) is -2.98. The van der Waals surface area contributed by atoms with E-state index in [0.29, 0.717) is 5.76 Å². The van der Waals surface area contributed by atoms with Crippen LogP contribution in [0.4, 0.5) is 13.2 Å². The Bertz CT molecular complexity index is 878. The highest BCUT2D eigenvalue weighted by molar-refractivity contribution is 5.83. The molecule has 1 N–H and O–H groups in total. The maximum atomic E-state index is 12.9. The van der Waals surface area contributed by atoms with Crippen LogP contribution in [0.1, 0.15) is 56.4 Å². The van der Waals surface area contributed by atoms with E-state index in [4.69, 9.17) is 4.42 Å². The third-order valence-electron chi connectivity index (χ3n) is 4.42. The van der Waals surface area contributed by atoms with Crippen molar-refractivity contribution in [3.63, 3.8) is 0 Å². The summed E-state index contributed by atoms with van der Waals surface area (Å²) in [5.41, 5.74) is 3.29. The summed E-state index contributed by atoms with van der Waals surface area (Å²) in [7, 11) is 0. The summed E-state index contributed by atoms with van der Waals surface area (Å²) in [4.78, 5) is 0. The Labute approximate surface area is 150 Å². The Hall–Kier alpha value is -2.50. The van der Waals surface area contributed by atoms with Crippen molar-refractivity contribution in [3.8, 4) is 22.6 Å². The van der Waals surface area contributed by atoms with Gasteiger partial charge in [0.25, 0.3) is 0 Å². The molecular weight excluding hydrogens is 341 g/mol. The topological polar surface area (TPSA) is 41.8 Å². The van der Waals surface area contributed by atoms with Gasteiger partial charge in [-0.15, -0.1) is 0 Å². The van der Waals surface area contributed by atoms with Crippen LogP contribution in [-0.4, -0.2) is 10.2 Å². The van der Waals surface area contributed by atoms with E-state index in [1.165, 1.54) is 6.26 Å². The minimum Gasteiger partial charge on any atom is -0.462 e. The first-order chi connectivity index (χ1) is 12.2. The molecule has 0 saturated carbocycles. The second-order valence-corrected chi connectivity index (χ2v) is 6.95. The van der Waals surface area contributed by atoms with Crippen LogP contribution in [0.25, 0.3) is 22.6 Å². The Morgan fingerprint density at radius 2 is 1.62 bits per heavy atom. The lowest BCUT2D eigenvalue weighted by atomic mass is 9.85. The van der Waals surface area contributed by atoms with Crippen LogP contribution >= 0.6 is 0 Å². The molecule has 26 heavy (non-hydrogen) atoms.